The van der Waals surface area contributed by atoms with Crippen molar-refractivity contribution in [2.24, 2.45) is 5.84 Å². The first-order valence-corrected chi connectivity index (χ1v) is 6.76. The molecule has 2 unspecified atom stereocenters. The maximum absolute atomic E-state index is 11.9. The fourth-order valence-corrected chi connectivity index (χ4v) is 2.53. The van der Waals surface area contributed by atoms with Crippen LogP contribution in [0.2, 0.25) is 0 Å². The number of hydrogen-bond acceptors (Lipinski definition) is 5. The van der Waals surface area contributed by atoms with E-state index >= 15 is 0 Å². The number of hydrogen-bond donors (Lipinski definition) is 2. The quantitative estimate of drug-likeness (QED) is 0.360. The Kier molecular flexibility index (Phi) is 4.56. The summed E-state index contributed by atoms with van der Waals surface area (Å²) in [6.07, 6.45) is 0.466. The second-order valence-electron chi connectivity index (χ2n) is 5.01. The molecule has 20 heavy (non-hydrogen) atoms. The van der Waals surface area contributed by atoms with Crippen molar-refractivity contribution in [2.75, 3.05) is 26.2 Å². The highest BCUT2D eigenvalue weighted by atomic mass is 16.5. The summed E-state index contributed by atoms with van der Waals surface area (Å²) in [6, 6.07) is 0. The third kappa shape index (κ3) is 3.07. The van der Waals surface area contributed by atoms with Gasteiger partial charge in [-0.05, 0) is 19.8 Å². The topological polar surface area (TPSA) is 105 Å². The van der Waals surface area contributed by atoms with Gasteiger partial charge in [0.25, 0.3) is 5.91 Å². The van der Waals surface area contributed by atoms with Gasteiger partial charge in [0.05, 0.1) is 19.2 Å². The maximum atomic E-state index is 11.9. The highest BCUT2D eigenvalue weighted by Crippen LogP contribution is 2.21. The Morgan fingerprint density at radius 2 is 1.95 bits per heavy atom. The van der Waals surface area contributed by atoms with Crippen molar-refractivity contribution in [3.63, 3.8) is 0 Å². The van der Waals surface area contributed by atoms with Crippen LogP contribution in [0.15, 0.2) is 0 Å². The Bertz CT molecular complexity index is 414. The van der Waals surface area contributed by atoms with E-state index in [1.165, 1.54) is 9.80 Å². The molecule has 2 atom stereocenters. The number of likely N-dealkylation sites (N-methyl/N-ethyl adjacent to an activating group) is 1. The average molecular weight is 284 g/mol. The van der Waals surface area contributed by atoms with Gasteiger partial charge in [0.1, 0.15) is 6.10 Å². The van der Waals surface area contributed by atoms with Crippen molar-refractivity contribution in [3.8, 4) is 0 Å². The van der Waals surface area contributed by atoms with E-state index in [4.69, 9.17) is 10.6 Å². The Morgan fingerprint density at radius 3 is 2.60 bits per heavy atom. The number of carbonyl (C=O) groups is 3. The summed E-state index contributed by atoms with van der Waals surface area (Å²) in [7, 11) is 0. The van der Waals surface area contributed by atoms with Crippen molar-refractivity contribution in [1.82, 2.24) is 15.2 Å². The first kappa shape index (κ1) is 14.7. The summed E-state index contributed by atoms with van der Waals surface area (Å²) in [5.41, 5.74) is 2.06. The van der Waals surface area contributed by atoms with Crippen LogP contribution in [-0.4, -0.2) is 65.9 Å². The van der Waals surface area contributed by atoms with Crippen LogP contribution in [0.1, 0.15) is 19.8 Å². The molecule has 0 radical (unpaired) electrons. The number of carbonyl (C=O) groups excluding carboxylic acids is 3. The lowest BCUT2D eigenvalue weighted by Gasteiger charge is -2.34. The lowest BCUT2D eigenvalue weighted by atomic mass is 10.1. The van der Waals surface area contributed by atoms with Crippen molar-refractivity contribution in [3.05, 3.63) is 0 Å². The second kappa shape index (κ2) is 6.19. The van der Waals surface area contributed by atoms with Gasteiger partial charge in [-0.2, -0.15) is 0 Å². The number of nitrogens with one attached hydrogen (secondary N) is 1. The molecule has 0 aromatic heterocycles. The molecule has 112 valence electrons. The lowest BCUT2D eigenvalue weighted by Crippen LogP contribution is -2.55. The third-order valence-electron chi connectivity index (χ3n) is 3.71. The molecule has 2 saturated heterocycles. The standard InChI is InChI=1S/C12H20N4O4/c1-2-15-6-11(18)16(7-10(15)17)5-8-3-4-9(20-8)12(19)14-13/h8-9H,2-7,13H2,1H3,(H,14,19). The Labute approximate surface area is 117 Å². The number of nitrogens with two attached hydrogens (primary N) is 1. The maximum Gasteiger partial charge on any atom is 0.263 e. The number of amides is 3. The second-order valence-corrected chi connectivity index (χ2v) is 5.01. The van der Waals surface area contributed by atoms with Gasteiger partial charge in [0.2, 0.25) is 11.8 Å². The minimum atomic E-state index is -0.562. The van der Waals surface area contributed by atoms with Gasteiger partial charge in [-0.3, -0.25) is 19.8 Å². The van der Waals surface area contributed by atoms with Gasteiger partial charge in [-0.1, -0.05) is 0 Å². The highest BCUT2D eigenvalue weighted by Gasteiger charge is 2.35. The smallest absolute Gasteiger partial charge is 0.263 e. The largest absolute Gasteiger partial charge is 0.363 e. The molecule has 0 aromatic rings. The SMILES string of the molecule is CCN1CC(=O)N(CC2CCC(C(=O)NN)O2)CC1=O. The van der Waals surface area contributed by atoms with Crippen molar-refractivity contribution < 1.29 is 19.1 Å². The minimum absolute atomic E-state index is 0.0543. The molecule has 2 aliphatic heterocycles. The monoisotopic (exact) mass is 284 g/mol. The van der Waals surface area contributed by atoms with Gasteiger partial charge < -0.3 is 14.5 Å². The summed E-state index contributed by atoms with van der Waals surface area (Å²) >= 11 is 0. The van der Waals surface area contributed by atoms with Gasteiger partial charge >= 0.3 is 0 Å². The van der Waals surface area contributed by atoms with E-state index < -0.39 is 6.10 Å². The number of piperazine rings is 1. The van der Waals surface area contributed by atoms with E-state index in [2.05, 4.69) is 5.43 Å². The summed E-state index contributed by atoms with van der Waals surface area (Å²) in [5.74, 6) is 4.57. The molecule has 0 aromatic carbocycles. The molecule has 8 heteroatoms. The molecule has 3 amide bonds. The Morgan fingerprint density at radius 1 is 1.30 bits per heavy atom. The van der Waals surface area contributed by atoms with Gasteiger partial charge in [0, 0.05) is 13.1 Å². The normalized spacial score (nSPS) is 27.1. The molecule has 8 nitrogen and oxygen atoms in total. The van der Waals surface area contributed by atoms with Crippen LogP contribution in [0.3, 0.4) is 0 Å². The summed E-state index contributed by atoms with van der Waals surface area (Å²) < 4.78 is 5.54. The summed E-state index contributed by atoms with van der Waals surface area (Å²) in [5, 5.41) is 0. The van der Waals surface area contributed by atoms with Crippen molar-refractivity contribution in [1.29, 1.82) is 0 Å². The minimum Gasteiger partial charge on any atom is -0.363 e. The van der Waals surface area contributed by atoms with E-state index in [9.17, 15) is 14.4 Å². The van der Waals surface area contributed by atoms with Gasteiger partial charge in [-0.25, -0.2) is 5.84 Å². The molecular weight excluding hydrogens is 264 g/mol. The molecular formula is C12H20N4O4. The number of ether oxygens (including phenoxy) is 1. The van der Waals surface area contributed by atoms with E-state index in [-0.39, 0.29) is 36.9 Å². The zero-order valence-corrected chi connectivity index (χ0v) is 11.5. The zero-order chi connectivity index (χ0) is 14.7. The van der Waals surface area contributed by atoms with Crippen LogP contribution in [-0.2, 0) is 19.1 Å². The summed E-state index contributed by atoms with van der Waals surface area (Å²) in [6.45, 7) is 2.93. The van der Waals surface area contributed by atoms with E-state index in [1.807, 2.05) is 6.92 Å². The fourth-order valence-electron chi connectivity index (χ4n) is 2.53. The van der Waals surface area contributed by atoms with Crippen molar-refractivity contribution >= 4 is 17.7 Å². The van der Waals surface area contributed by atoms with Crippen LogP contribution < -0.4 is 11.3 Å². The van der Waals surface area contributed by atoms with Gasteiger partial charge in [0.15, 0.2) is 0 Å². The molecule has 2 heterocycles. The van der Waals surface area contributed by atoms with E-state index in [0.29, 0.717) is 25.9 Å². The molecule has 0 aliphatic carbocycles. The predicted octanol–water partition coefficient (Wildman–Crippen LogP) is -1.79. The van der Waals surface area contributed by atoms with Crippen LogP contribution in [0.25, 0.3) is 0 Å². The van der Waals surface area contributed by atoms with Crippen LogP contribution in [0, 0.1) is 0 Å². The summed E-state index contributed by atoms with van der Waals surface area (Å²) in [4.78, 5) is 38.1. The number of rotatable bonds is 4. The predicted molar refractivity (Wildman–Crippen MR) is 69.1 cm³/mol. The number of hydrazine groups is 1. The van der Waals surface area contributed by atoms with E-state index in [0.717, 1.165) is 0 Å². The zero-order valence-electron chi connectivity index (χ0n) is 11.5. The molecule has 0 saturated carbocycles. The average Bonchev–Trinajstić information content (AvgIpc) is 2.90. The Hall–Kier alpha value is -1.67. The van der Waals surface area contributed by atoms with Crippen LogP contribution >= 0.6 is 0 Å². The third-order valence-corrected chi connectivity index (χ3v) is 3.71. The highest BCUT2D eigenvalue weighted by molar-refractivity contribution is 5.92. The lowest BCUT2D eigenvalue weighted by molar-refractivity contribution is -0.151. The molecule has 0 spiro atoms. The number of nitrogens with zero attached hydrogens (tertiary/aromatic N) is 2. The van der Waals surface area contributed by atoms with Crippen molar-refractivity contribution in [2.45, 2.75) is 32.0 Å². The Balaban J connectivity index is 1.87. The van der Waals surface area contributed by atoms with Gasteiger partial charge in [-0.15, -0.1) is 0 Å². The molecule has 2 aliphatic rings. The fraction of sp³-hybridized carbons (Fsp3) is 0.750. The molecule has 2 rings (SSSR count). The van der Waals surface area contributed by atoms with Crippen LogP contribution in [0.5, 0.6) is 0 Å². The molecule has 2 fully saturated rings. The molecule has 0 bridgehead atoms. The first-order valence-electron chi connectivity index (χ1n) is 6.76. The van der Waals surface area contributed by atoms with Crippen LogP contribution in [0.4, 0.5) is 0 Å². The molecule has 3 N–H and O–H groups in total. The van der Waals surface area contributed by atoms with E-state index in [1.54, 1.807) is 0 Å². The first-order chi connectivity index (χ1) is 9.55.